The van der Waals surface area contributed by atoms with Crippen LogP contribution >= 0.6 is 0 Å². The second-order valence-corrected chi connectivity index (χ2v) is 4.55. The van der Waals surface area contributed by atoms with Crippen molar-refractivity contribution in [3.63, 3.8) is 0 Å². The van der Waals surface area contributed by atoms with E-state index in [9.17, 15) is 0 Å². The lowest BCUT2D eigenvalue weighted by Crippen LogP contribution is -1.87. The Morgan fingerprint density at radius 2 is 1.07 bits per heavy atom. The Bertz CT molecular complexity index is 64.5. The molecule has 0 aromatic heterocycles. The zero-order valence-electron chi connectivity index (χ0n) is 10.5. The van der Waals surface area contributed by atoms with Crippen molar-refractivity contribution in [3.8, 4) is 0 Å². The van der Waals surface area contributed by atoms with Gasteiger partial charge >= 0.3 is 0 Å². The summed E-state index contributed by atoms with van der Waals surface area (Å²) in [5.74, 6) is 0. The highest BCUT2D eigenvalue weighted by Gasteiger charge is 1.80. The van der Waals surface area contributed by atoms with Crippen LogP contribution in [0, 0.1) is 0 Å². The Morgan fingerprint density at radius 1 is 0.714 bits per heavy atom. The summed E-state index contributed by atoms with van der Waals surface area (Å²) in [6.07, 6.45) is 7.74. The molecule has 0 bridgehead atoms. The molecular formula is C10H28O2Si2. The van der Waals surface area contributed by atoms with Crippen molar-refractivity contribution in [3.05, 3.63) is 0 Å². The lowest BCUT2D eigenvalue weighted by molar-refractivity contribution is 0.335. The standard InChI is InChI=1S/2C5H14OSi/c2*1-2-3-4-5-6-7/h2*2-5H2,1,7H3. The molecule has 4 heteroatoms. The van der Waals surface area contributed by atoms with Gasteiger partial charge in [-0.25, -0.2) is 0 Å². The number of unbranched alkanes of at least 4 members (excludes halogenated alkanes) is 4. The average Bonchev–Trinajstić information content (AvgIpc) is 2.21. The van der Waals surface area contributed by atoms with Crippen LogP contribution in [0.5, 0.6) is 0 Å². The fourth-order valence-corrected chi connectivity index (χ4v) is 1.57. The van der Waals surface area contributed by atoms with Gasteiger partial charge in [-0.3, -0.25) is 0 Å². The smallest absolute Gasteiger partial charge is 0.145 e. The summed E-state index contributed by atoms with van der Waals surface area (Å²) in [7, 11) is 1.81. The van der Waals surface area contributed by atoms with Crippen LogP contribution in [-0.2, 0) is 8.85 Å². The predicted octanol–water partition coefficient (Wildman–Crippen LogP) is 0.947. The lowest BCUT2D eigenvalue weighted by Gasteiger charge is -1.93. The predicted molar refractivity (Wildman–Crippen MR) is 70.8 cm³/mol. The third kappa shape index (κ3) is 22.8. The molecule has 0 aliphatic carbocycles. The minimum absolute atomic E-state index is 0.906. The first-order chi connectivity index (χ1) is 6.83. The maximum Gasteiger partial charge on any atom is 0.145 e. The third-order valence-corrected chi connectivity index (χ3v) is 2.72. The molecule has 0 N–H and O–H groups in total. The number of hydrogen-bond acceptors (Lipinski definition) is 2. The van der Waals surface area contributed by atoms with E-state index < -0.39 is 0 Å². The molecule has 0 unspecified atom stereocenters. The minimum atomic E-state index is 0.906. The van der Waals surface area contributed by atoms with Crippen molar-refractivity contribution in [2.24, 2.45) is 0 Å². The highest BCUT2D eigenvalue weighted by molar-refractivity contribution is 5.98. The average molecular weight is 237 g/mol. The molecule has 14 heavy (non-hydrogen) atoms. The molecule has 0 aliphatic rings. The van der Waals surface area contributed by atoms with Crippen LogP contribution in [0.4, 0.5) is 0 Å². The number of hydrogen-bond donors (Lipinski definition) is 0. The molecule has 0 spiro atoms. The SMILES string of the molecule is CCCCCO[SiH3].CCCCCO[SiH3]. The second kappa shape index (κ2) is 19.0. The van der Waals surface area contributed by atoms with Crippen LogP contribution < -0.4 is 0 Å². The molecule has 0 rings (SSSR count). The quantitative estimate of drug-likeness (QED) is 0.461. The van der Waals surface area contributed by atoms with Crippen LogP contribution in [0.15, 0.2) is 0 Å². The van der Waals surface area contributed by atoms with Gasteiger partial charge in [0.1, 0.15) is 21.0 Å². The molecule has 0 radical (unpaired) electrons. The van der Waals surface area contributed by atoms with Gasteiger partial charge in [0.05, 0.1) is 0 Å². The molecule has 0 heterocycles. The summed E-state index contributed by atoms with van der Waals surface area (Å²) >= 11 is 0. The van der Waals surface area contributed by atoms with E-state index >= 15 is 0 Å². The summed E-state index contributed by atoms with van der Waals surface area (Å²) in [4.78, 5) is 0. The van der Waals surface area contributed by atoms with Crippen molar-refractivity contribution in [2.45, 2.75) is 52.4 Å². The molecule has 0 saturated heterocycles. The molecule has 0 fully saturated rings. The Kier molecular flexibility index (Phi) is 22.8. The van der Waals surface area contributed by atoms with E-state index in [1.165, 1.54) is 38.5 Å². The molecule has 88 valence electrons. The summed E-state index contributed by atoms with van der Waals surface area (Å²) in [6, 6.07) is 0. The molecule has 0 atom stereocenters. The third-order valence-electron chi connectivity index (χ3n) is 1.90. The summed E-state index contributed by atoms with van der Waals surface area (Å²) in [5, 5.41) is 0. The molecule has 0 saturated carbocycles. The van der Waals surface area contributed by atoms with Crippen LogP contribution in [-0.4, -0.2) is 34.2 Å². The lowest BCUT2D eigenvalue weighted by atomic mass is 10.3. The summed E-state index contributed by atoms with van der Waals surface area (Å²) in [5.41, 5.74) is 0. The van der Waals surface area contributed by atoms with E-state index in [2.05, 4.69) is 13.8 Å². The van der Waals surface area contributed by atoms with E-state index in [-0.39, 0.29) is 0 Å². The first-order valence-corrected chi connectivity index (χ1v) is 7.44. The van der Waals surface area contributed by atoms with Gasteiger partial charge in [0.15, 0.2) is 0 Å². The van der Waals surface area contributed by atoms with Gasteiger partial charge in [0, 0.05) is 13.2 Å². The van der Waals surface area contributed by atoms with Crippen molar-refractivity contribution in [1.29, 1.82) is 0 Å². The highest BCUT2D eigenvalue weighted by atomic mass is 28.2. The Labute approximate surface area is 95.8 Å². The van der Waals surface area contributed by atoms with Crippen LogP contribution in [0.25, 0.3) is 0 Å². The van der Waals surface area contributed by atoms with Crippen LogP contribution in [0.2, 0.25) is 0 Å². The van der Waals surface area contributed by atoms with Crippen molar-refractivity contribution in [1.82, 2.24) is 0 Å². The molecule has 0 aliphatic heterocycles. The molecule has 2 nitrogen and oxygen atoms in total. The van der Waals surface area contributed by atoms with E-state index in [0.717, 1.165) is 34.2 Å². The van der Waals surface area contributed by atoms with Gasteiger partial charge in [0.25, 0.3) is 0 Å². The normalized spacial score (nSPS) is 9.86. The minimum Gasteiger partial charge on any atom is -0.428 e. The fraction of sp³-hybridized carbons (Fsp3) is 1.00. The van der Waals surface area contributed by atoms with Crippen LogP contribution in [0.1, 0.15) is 52.4 Å². The molecular weight excluding hydrogens is 208 g/mol. The zero-order chi connectivity index (χ0) is 11.1. The number of rotatable bonds is 8. The maximum atomic E-state index is 4.98. The molecule has 0 aromatic rings. The first-order valence-electron chi connectivity index (χ1n) is 5.81. The Balaban J connectivity index is 0. The largest absolute Gasteiger partial charge is 0.428 e. The summed E-state index contributed by atoms with van der Waals surface area (Å²) in [6.45, 7) is 6.38. The molecule has 0 aromatic carbocycles. The van der Waals surface area contributed by atoms with E-state index in [0.29, 0.717) is 0 Å². The fourth-order valence-electron chi connectivity index (χ4n) is 0.993. The Morgan fingerprint density at radius 3 is 1.29 bits per heavy atom. The first kappa shape index (κ1) is 16.8. The van der Waals surface area contributed by atoms with Gasteiger partial charge in [-0.15, -0.1) is 0 Å². The van der Waals surface area contributed by atoms with Gasteiger partial charge in [-0.05, 0) is 12.8 Å². The topological polar surface area (TPSA) is 18.5 Å². The zero-order valence-corrected chi connectivity index (χ0v) is 14.5. The van der Waals surface area contributed by atoms with Gasteiger partial charge in [0.2, 0.25) is 0 Å². The highest BCUT2D eigenvalue weighted by Crippen LogP contribution is 1.92. The van der Waals surface area contributed by atoms with Crippen LogP contribution in [0.3, 0.4) is 0 Å². The van der Waals surface area contributed by atoms with Crippen molar-refractivity contribution < 1.29 is 8.85 Å². The van der Waals surface area contributed by atoms with Gasteiger partial charge in [-0.1, -0.05) is 39.5 Å². The van der Waals surface area contributed by atoms with Crippen molar-refractivity contribution in [2.75, 3.05) is 13.2 Å². The maximum absolute atomic E-state index is 4.98. The molecule has 0 amide bonds. The van der Waals surface area contributed by atoms with E-state index in [1.807, 2.05) is 0 Å². The second-order valence-electron chi connectivity index (χ2n) is 3.40. The van der Waals surface area contributed by atoms with Gasteiger partial charge < -0.3 is 8.85 Å². The monoisotopic (exact) mass is 236 g/mol. The Hall–Kier alpha value is 0.354. The summed E-state index contributed by atoms with van der Waals surface area (Å²) < 4.78 is 9.97. The van der Waals surface area contributed by atoms with Gasteiger partial charge in [-0.2, -0.15) is 0 Å². The van der Waals surface area contributed by atoms with E-state index in [4.69, 9.17) is 8.85 Å². The van der Waals surface area contributed by atoms with E-state index in [1.54, 1.807) is 0 Å². The van der Waals surface area contributed by atoms with Crippen molar-refractivity contribution >= 4 is 21.0 Å².